The highest BCUT2D eigenvalue weighted by atomic mass is 16.5. The number of hydrogen-bond donors (Lipinski definition) is 2. The second-order valence-electron chi connectivity index (χ2n) is 5.27. The van der Waals surface area contributed by atoms with E-state index in [1.54, 1.807) is 0 Å². The van der Waals surface area contributed by atoms with Gasteiger partial charge in [0.25, 0.3) is 0 Å². The van der Waals surface area contributed by atoms with Crippen molar-refractivity contribution in [3.05, 3.63) is 0 Å². The Morgan fingerprint density at radius 3 is 2.56 bits per heavy atom. The molecule has 1 amide bonds. The van der Waals surface area contributed by atoms with Crippen molar-refractivity contribution in [3.8, 4) is 0 Å². The maximum atomic E-state index is 11.9. The quantitative estimate of drug-likeness (QED) is 0.726. The Hall–Kier alpha value is -1.10. The van der Waals surface area contributed by atoms with Gasteiger partial charge in [0.05, 0.1) is 6.10 Å². The molecule has 0 aromatic carbocycles. The maximum Gasteiger partial charge on any atom is 0.319 e. The van der Waals surface area contributed by atoms with Gasteiger partial charge in [-0.25, -0.2) is 0 Å². The van der Waals surface area contributed by atoms with E-state index >= 15 is 0 Å². The summed E-state index contributed by atoms with van der Waals surface area (Å²) in [5, 5.41) is 11.9. The molecular formula is C13H21NO4. The summed E-state index contributed by atoms with van der Waals surface area (Å²) < 4.78 is 5.57. The van der Waals surface area contributed by atoms with Crippen molar-refractivity contribution in [2.45, 2.75) is 51.0 Å². The number of nitrogens with one attached hydrogen (secondary N) is 1. The number of carboxylic acids is 1. The average molecular weight is 255 g/mol. The molecule has 1 atom stereocenters. The maximum absolute atomic E-state index is 11.9. The van der Waals surface area contributed by atoms with Gasteiger partial charge in [-0.3, -0.25) is 9.59 Å². The molecule has 0 bridgehead atoms. The highest BCUT2D eigenvalue weighted by Crippen LogP contribution is 2.41. The van der Waals surface area contributed by atoms with E-state index in [0.717, 1.165) is 32.3 Å². The third-order valence-corrected chi connectivity index (χ3v) is 4.08. The van der Waals surface area contributed by atoms with E-state index in [9.17, 15) is 9.59 Å². The van der Waals surface area contributed by atoms with Crippen molar-refractivity contribution in [2.75, 3.05) is 13.2 Å². The van der Waals surface area contributed by atoms with Crippen molar-refractivity contribution in [3.63, 3.8) is 0 Å². The molecule has 1 heterocycles. The Morgan fingerprint density at radius 1 is 1.28 bits per heavy atom. The third-order valence-electron chi connectivity index (χ3n) is 4.08. The Morgan fingerprint density at radius 2 is 2.06 bits per heavy atom. The van der Waals surface area contributed by atoms with Crippen LogP contribution >= 0.6 is 0 Å². The minimum Gasteiger partial charge on any atom is -0.480 e. The molecule has 1 aliphatic carbocycles. The topological polar surface area (TPSA) is 75.6 Å². The number of rotatable bonds is 5. The molecule has 2 aliphatic rings. The number of aliphatic carboxylic acids is 1. The standard InChI is InChI=1S/C13H21NO4/c15-11(13(12(16)17)6-3-7-13)14-8-5-10-4-1-2-9-18-10/h10H,1-9H2,(H,14,15)(H,16,17). The number of ether oxygens (including phenoxy) is 1. The van der Waals surface area contributed by atoms with Gasteiger partial charge in [-0.1, -0.05) is 6.42 Å². The lowest BCUT2D eigenvalue weighted by molar-refractivity contribution is -0.162. The van der Waals surface area contributed by atoms with Crippen molar-refractivity contribution in [2.24, 2.45) is 5.41 Å². The van der Waals surface area contributed by atoms with Gasteiger partial charge in [0, 0.05) is 13.2 Å². The molecular weight excluding hydrogens is 234 g/mol. The number of carbonyl (C=O) groups excluding carboxylic acids is 1. The van der Waals surface area contributed by atoms with Crippen LogP contribution in [0.3, 0.4) is 0 Å². The summed E-state index contributed by atoms with van der Waals surface area (Å²) in [6.45, 7) is 1.32. The second kappa shape index (κ2) is 5.69. The summed E-state index contributed by atoms with van der Waals surface area (Å²) in [5.74, 6) is -1.31. The fraction of sp³-hybridized carbons (Fsp3) is 0.846. The highest BCUT2D eigenvalue weighted by molar-refractivity contribution is 6.02. The molecule has 1 saturated heterocycles. The molecule has 1 unspecified atom stereocenters. The van der Waals surface area contributed by atoms with Crippen molar-refractivity contribution >= 4 is 11.9 Å². The van der Waals surface area contributed by atoms with Crippen LogP contribution in [-0.4, -0.2) is 36.2 Å². The molecule has 5 heteroatoms. The number of carboxylic acid groups (broad SMARTS) is 1. The van der Waals surface area contributed by atoms with Gasteiger partial charge in [0.15, 0.2) is 0 Å². The summed E-state index contributed by atoms with van der Waals surface area (Å²) in [6, 6.07) is 0. The lowest BCUT2D eigenvalue weighted by atomic mass is 9.68. The van der Waals surface area contributed by atoms with E-state index in [1.807, 2.05) is 0 Å². The normalized spacial score (nSPS) is 26.1. The largest absolute Gasteiger partial charge is 0.480 e. The summed E-state index contributed by atoms with van der Waals surface area (Å²) in [6.07, 6.45) is 6.10. The van der Waals surface area contributed by atoms with E-state index in [4.69, 9.17) is 9.84 Å². The number of hydrogen-bond acceptors (Lipinski definition) is 3. The fourth-order valence-electron chi connectivity index (χ4n) is 2.62. The van der Waals surface area contributed by atoms with Gasteiger partial charge in [0.1, 0.15) is 5.41 Å². The SMILES string of the molecule is O=C(O)C1(C(=O)NCCC2CCCCO2)CCC1. The smallest absolute Gasteiger partial charge is 0.319 e. The van der Waals surface area contributed by atoms with Crippen LogP contribution in [0.15, 0.2) is 0 Å². The van der Waals surface area contributed by atoms with Crippen LogP contribution in [0.4, 0.5) is 0 Å². The first-order valence-electron chi connectivity index (χ1n) is 6.78. The van der Waals surface area contributed by atoms with Crippen LogP contribution in [0.5, 0.6) is 0 Å². The van der Waals surface area contributed by atoms with E-state index in [1.165, 1.54) is 6.42 Å². The lowest BCUT2D eigenvalue weighted by Crippen LogP contribution is -2.51. The van der Waals surface area contributed by atoms with Crippen LogP contribution in [0, 0.1) is 5.41 Å². The lowest BCUT2D eigenvalue weighted by Gasteiger charge is -2.36. The first-order chi connectivity index (χ1) is 8.65. The van der Waals surface area contributed by atoms with Crippen molar-refractivity contribution < 1.29 is 19.4 Å². The van der Waals surface area contributed by atoms with Crippen LogP contribution in [0.25, 0.3) is 0 Å². The molecule has 0 aromatic heterocycles. The van der Waals surface area contributed by atoms with Crippen LogP contribution in [0.1, 0.15) is 44.9 Å². The van der Waals surface area contributed by atoms with Crippen LogP contribution < -0.4 is 5.32 Å². The molecule has 1 aliphatic heterocycles. The number of carbonyl (C=O) groups is 2. The third kappa shape index (κ3) is 2.66. The van der Waals surface area contributed by atoms with Crippen molar-refractivity contribution in [1.82, 2.24) is 5.32 Å². The molecule has 0 aromatic rings. The Kier molecular flexibility index (Phi) is 4.22. The van der Waals surface area contributed by atoms with E-state index in [0.29, 0.717) is 19.4 Å². The summed E-state index contributed by atoms with van der Waals surface area (Å²) >= 11 is 0. The molecule has 5 nitrogen and oxygen atoms in total. The summed E-state index contributed by atoms with van der Waals surface area (Å²) in [4.78, 5) is 23.0. The molecule has 2 rings (SSSR count). The van der Waals surface area contributed by atoms with Gasteiger partial charge >= 0.3 is 5.97 Å². The van der Waals surface area contributed by atoms with Gasteiger partial charge in [0.2, 0.25) is 5.91 Å². The first-order valence-corrected chi connectivity index (χ1v) is 6.78. The van der Waals surface area contributed by atoms with Gasteiger partial charge in [-0.15, -0.1) is 0 Å². The Labute approximate surface area is 107 Å². The van der Waals surface area contributed by atoms with E-state index in [2.05, 4.69) is 5.32 Å². The molecule has 1 saturated carbocycles. The van der Waals surface area contributed by atoms with E-state index < -0.39 is 11.4 Å². The predicted octanol–water partition coefficient (Wildman–Crippen LogP) is 1.32. The zero-order valence-corrected chi connectivity index (χ0v) is 10.6. The molecule has 0 spiro atoms. The number of amides is 1. The zero-order valence-electron chi connectivity index (χ0n) is 10.6. The molecule has 2 N–H and O–H groups in total. The van der Waals surface area contributed by atoms with Crippen LogP contribution in [-0.2, 0) is 14.3 Å². The molecule has 102 valence electrons. The zero-order chi connectivity index (χ0) is 13.0. The minimum absolute atomic E-state index is 0.223. The molecule has 0 radical (unpaired) electrons. The predicted molar refractivity (Wildman–Crippen MR) is 65.1 cm³/mol. The fourth-order valence-corrected chi connectivity index (χ4v) is 2.62. The highest BCUT2D eigenvalue weighted by Gasteiger charge is 2.50. The monoisotopic (exact) mass is 255 g/mol. The van der Waals surface area contributed by atoms with Gasteiger partial charge in [-0.05, 0) is 38.5 Å². The van der Waals surface area contributed by atoms with E-state index in [-0.39, 0.29) is 12.0 Å². The summed E-state index contributed by atoms with van der Waals surface area (Å²) in [5.41, 5.74) is -1.15. The van der Waals surface area contributed by atoms with Crippen LogP contribution in [0.2, 0.25) is 0 Å². The first kappa shape index (κ1) is 13.3. The summed E-state index contributed by atoms with van der Waals surface area (Å²) in [7, 11) is 0. The molecule has 18 heavy (non-hydrogen) atoms. The van der Waals surface area contributed by atoms with Gasteiger partial charge in [-0.2, -0.15) is 0 Å². The Balaban J connectivity index is 1.72. The minimum atomic E-state index is -1.15. The molecule has 2 fully saturated rings. The average Bonchev–Trinajstić information content (AvgIpc) is 2.28. The Bertz CT molecular complexity index is 319. The van der Waals surface area contributed by atoms with Gasteiger partial charge < -0.3 is 15.2 Å². The van der Waals surface area contributed by atoms with Crippen molar-refractivity contribution in [1.29, 1.82) is 0 Å². The second-order valence-corrected chi connectivity index (χ2v) is 5.27.